The molecule has 0 aliphatic heterocycles. The van der Waals surface area contributed by atoms with Crippen molar-refractivity contribution in [1.82, 2.24) is 0 Å². The molecular formula is C12H18S. The van der Waals surface area contributed by atoms with Crippen molar-refractivity contribution in [3.05, 3.63) is 35.9 Å². The van der Waals surface area contributed by atoms with Crippen molar-refractivity contribution in [2.75, 3.05) is 5.75 Å². The zero-order valence-corrected chi connectivity index (χ0v) is 9.35. The Morgan fingerprint density at radius 2 is 1.77 bits per heavy atom. The van der Waals surface area contributed by atoms with Crippen molar-refractivity contribution >= 4 is 12.6 Å². The topological polar surface area (TPSA) is 0 Å². The molecule has 0 heterocycles. The zero-order valence-electron chi connectivity index (χ0n) is 8.46. The second-order valence-corrected chi connectivity index (χ2v) is 4.52. The molecule has 0 aliphatic rings. The lowest BCUT2D eigenvalue weighted by Crippen LogP contribution is -2.16. The van der Waals surface area contributed by atoms with E-state index < -0.39 is 0 Å². The van der Waals surface area contributed by atoms with Crippen LogP contribution in [0.2, 0.25) is 0 Å². The van der Waals surface area contributed by atoms with Gasteiger partial charge in [-0.05, 0) is 29.6 Å². The summed E-state index contributed by atoms with van der Waals surface area (Å²) in [6.45, 7) is 4.59. The normalized spacial score (nSPS) is 11.6. The van der Waals surface area contributed by atoms with Gasteiger partial charge in [-0.2, -0.15) is 12.6 Å². The lowest BCUT2D eigenvalue weighted by molar-refractivity contribution is 0.475. The molecule has 0 unspecified atom stereocenters. The summed E-state index contributed by atoms with van der Waals surface area (Å²) in [5.74, 6) is 0.982. The van der Waals surface area contributed by atoms with Gasteiger partial charge in [-0.15, -0.1) is 0 Å². The van der Waals surface area contributed by atoms with Crippen LogP contribution in [0.15, 0.2) is 30.3 Å². The minimum absolute atomic E-state index is 0.296. The van der Waals surface area contributed by atoms with Crippen LogP contribution in [-0.2, 0) is 5.41 Å². The molecule has 0 nitrogen and oxygen atoms in total. The first kappa shape index (κ1) is 10.6. The first-order valence-corrected chi connectivity index (χ1v) is 5.46. The Balaban J connectivity index is 2.69. The van der Waals surface area contributed by atoms with E-state index in [-0.39, 0.29) is 0 Å². The van der Waals surface area contributed by atoms with Crippen molar-refractivity contribution in [3.63, 3.8) is 0 Å². The number of hydrogen-bond acceptors (Lipinski definition) is 1. The second-order valence-electron chi connectivity index (χ2n) is 4.08. The molecule has 0 radical (unpaired) electrons. The van der Waals surface area contributed by atoms with Crippen molar-refractivity contribution in [1.29, 1.82) is 0 Å². The Morgan fingerprint density at radius 3 is 2.31 bits per heavy atom. The van der Waals surface area contributed by atoms with E-state index in [2.05, 4.69) is 56.8 Å². The van der Waals surface area contributed by atoms with Gasteiger partial charge in [0.15, 0.2) is 0 Å². The molecule has 0 saturated heterocycles. The van der Waals surface area contributed by atoms with Gasteiger partial charge in [0.05, 0.1) is 0 Å². The van der Waals surface area contributed by atoms with E-state index in [1.807, 2.05) is 0 Å². The molecule has 0 saturated carbocycles. The fourth-order valence-corrected chi connectivity index (χ4v) is 1.71. The molecule has 0 amide bonds. The maximum atomic E-state index is 4.24. The van der Waals surface area contributed by atoms with Crippen LogP contribution in [0.3, 0.4) is 0 Å². The first-order valence-electron chi connectivity index (χ1n) is 4.83. The van der Waals surface area contributed by atoms with Crippen LogP contribution in [0.1, 0.15) is 32.3 Å². The van der Waals surface area contributed by atoms with Gasteiger partial charge in [0.25, 0.3) is 0 Å². The third-order valence-corrected chi connectivity index (χ3v) is 2.83. The van der Waals surface area contributed by atoms with E-state index in [0.29, 0.717) is 5.41 Å². The van der Waals surface area contributed by atoms with Gasteiger partial charge in [0.1, 0.15) is 0 Å². The van der Waals surface area contributed by atoms with E-state index in [9.17, 15) is 0 Å². The molecular weight excluding hydrogens is 176 g/mol. The molecule has 1 aromatic rings. The summed E-state index contributed by atoms with van der Waals surface area (Å²) >= 11 is 4.24. The van der Waals surface area contributed by atoms with E-state index in [1.54, 1.807) is 0 Å². The summed E-state index contributed by atoms with van der Waals surface area (Å²) in [5, 5.41) is 0. The van der Waals surface area contributed by atoms with Gasteiger partial charge < -0.3 is 0 Å². The van der Waals surface area contributed by atoms with Gasteiger partial charge >= 0.3 is 0 Å². The fourth-order valence-electron chi connectivity index (χ4n) is 1.55. The minimum Gasteiger partial charge on any atom is -0.179 e. The predicted molar refractivity (Wildman–Crippen MR) is 62.6 cm³/mol. The van der Waals surface area contributed by atoms with Crippen molar-refractivity contribution in [2.45, 2.75) is 32.1 Å². The summed E-state index contributed by atoms with van der Waals surface area (Å²) in [5.41, 5.74) is 1.72. The van der Waals surface area contributed by atoms with Crippen LogP contribution in [0.4, 0.5) is 0 Å². The van der Waals surface area contributed by atoms with Gasteiger partial charge in [0, 0.05) is 0 Å². The SMILES string of the molecule is CC(C)(CCCS)c1ccccc1. The quantitative estimate of drug-likeness (QED) is 0.695. The van der Waals surface area contributed by atoms with E-state index in [4.69, 9.17) is 0 Å². The molecule has 0 aliphatic carbocycles. The average Bonchev–Trinajstić information content (AvgIpc) is 2.16. The molecule has 0 aromatic heterocycles. The average molecular weight is 194 g/mol. The van der Waals surface area contributed by atoms with Crippen LogP contribution in [-0.4, -0.2) is 5.75 Å². The Kier molecular flexibility index (Phi) is 3.86. The molecule has 1 rings (SSSR count). The van der Waals surface area contributed by atoms with E-state index in [1.165, 1.54) is 18.4 Å². The lowest BCUT2D eigenvalue weighted by atomic mass is 9.81. The van der Waals surface area contributed by atoms with Crippen LogP contribution < -0.4 is 0 Å². The molecule has 0 N–H and O–H groups in total. The number of thiol groups is 1. The maximum Gasteiger partial charge on any atom is -0.00976 e. The maximum absolute atomic E-state index is 4.24. The molecule has 72 valence electrons. The van der Waals surface area contributed by atoms with Gasteiger partial charge in [-0.3, -0.25) is 0 Å². The molecule has 0 atom stereocenters. The summed E-state index contributed by atoms with van der Waals surface area (Å²) < 4.78 is 0. The fraction of sp³-hybridized carbons (Fsp3) is 0.500. The number of hydrogen-bond donors (Lipinski definition) is 1. The van der Waals surface area contributed by atoms with Crippen LogP contribution in [0.25, 0.3) is 0 Å². The lowest BCUT2D eigenvalue weighted by Gasteiger charge is -2.24. The van der Waals surface area contributed by atoms with Crippen molar-refractivity contribution in [3.8, 4) is 0 Å². The number of benzene rings is 1. The first-order chi connectivity index (χ1) is 6.17. The highest BCUT2D eigenvalue weighted by molar-refractivity contribution is 7.80. The van der Waals surface area contributed by atoms with Gasteiger partial charge in [0.2, 0.25) is 0 Å². The predicted octanol–water partition coefficient (Wildman–Crippen LogP) is 3.67. The smallest absolute Gasteiger partial charge is 0.00976 e. The highest BCUT2D eigenvalue weighted by Gasteiger charge is 2.18. The minimum atomic E-state index is 0.296. The molecule has 0 spiro atoms. The third-order valence-electron chi connectivity index (χ3n) is 2.52. The Bertz CT molecular complexity index is 239. The summed E-state index contributed by atoms with van der Waals surface area (Å²) in [7, 11) is 0. The molecule has 1 aromatic carbocycles. The zero-order chi connectivity index (χ0) is 9.73. The van der Waals surface area contributed by atoms with E-state index in [0.717, 1.165) is 5.75 Å². The molecule has 1 heteroatoms. The molecule has 13 heavy (non-hydrogen) atoms. The second kappa shape index (κ2) is 4.71. The molecule has 0 fully saturated rings. The highest BCUT2D eigenvalue weighted by Crippen LogP contribution is 2.27. The Labute approximate surface area is 86.8 Å². The number of rotatable bonds is 4. The van der Waals surface area contributed by atoms with E-state index >= 15 is 0 Å². The summed E-state index contributed by atoms with van der Waals surface area (Å²) in [6.07, 6.45) is 2.39. The van der Waals surface area contributed by atoms with Crippen molar-refractivity contribution < 1.29 is 0 Å². The van der Waals surface area contributed by atoms with Crippen LogP contribution in [0, 0.1) is 0 Å². The van der Waals surface area contributed by atoms with Gasteiger partial charge in [-0.25, -0.2) is 0 Å². The summed E-state index contributed by atoms with van der Waals surface area (Å²) in [4.78, 5) is 0. The summed E-state index contributed by atoms with van der Waals surface area (Å²) in [6, 6.07) is 10.7. The highest BCUT2D eigenvalue weighted by atomic mass is 32.1. The standard InChI is InChI=1S/C12H18S/c1-12(2,9-6-10-13)11-7-4-3-5-8-11/h3-5,7-8,13H,6,9-10H2,1-2H3. The Hall–Kier alpha value is -0.430. The largest absolute Gasteiger partial charge is 0.179 e. The Morgan fingerprint density at radius 1 is 1.15 bits per heavy atom. The van der Waals surface area contributed by atoms with Crippen LogP contribution >= 0.6 is 12.6 Å². The van der Waals surface area contributed by atoms with Gasteiger partial charge in [-0.1, -0.05) is 44.2 Å². The van der Waals surface area contributed by atoms with Crippen LogP contribution in [0.5, 0.6) is 0 Å². The van der Waals surface area contributed by atoms with Crippen molar-refractivity contribution in [2.24, 2.45) is 0 Å². The molecule has 0 bridgehead atoms. The monoisotopic (exact) mass is 194 g/mol. The third kappa shape index (κ3) is 3.07.